The molecule has 0 radical (unpaired) electrons. The highest BCUT2D eigenvalue weighted by atomic mass is 35.5. The number of aromatic nitrogens is 1. The molecule has 0 saturated carbocycles. The van der Waals surface area contributed by atoms with E-state index in [0.29, 0.717) is 0 Å². The van der Waals surface area contributed by atoms with Gasteiger partial charge in [-0.15, -0.1) is 0 Å². The van der Waals surface area contributed by atoms with E-state index in [2.05, 4.69) is 70.2 Å². The van der Waals surface area contributed by atoms with Gasteiger partial charge < -0.3 is 29.3 Å². The van der Waals surface area contributed by atoms with Gasteiger partial charge in [0.2, 0.25) is 0 Å². The Bertz CT molecular complexity index is 560. The normalized spacial score (nSPS) is 10.8. The van der Waals surface area contributed by atoms with E-state index in [1.165, 1.54) is 167 Å². The minimum absolute atomic E-state index is 0. The predicted molar refractivity (Wildman–Crippen MR) is 172 cm³/mol. The molecule has 0 fully saturated rings. The van der Waals surface area contributed by atoms with Crippen molar-refractivity contribution in [3.63, 3.8) is 0 Å². The molecule has 40 heavy (non-hydrogen) atoms. The standard InChI is InChI=1S/C21H38N.C15H34N.2ClH/c1-2-3-4-5-6-7-8-9-10-11-12-13-14-16-19-22-20-17-15-18-21-22;1-5-6-7-8-9-10-11-12-13-14-15-16(2,3)4;;/h15,17-18,20-21H,2-14,16,19H2,1H3;5-15H2,1-4H3;2*1H/q2*+1;;/p-2. The molecule has 0 unspecified atom stereocenters. The fraction of sp³-hybridized carbons (Fsp3) is 0.861. The number of quaternary nitrogens is 1. The Balaban J connectivity index is -0.000000683. The van der Waals surface area contributed by atoms with Gasteiger partial charge in [0.1, 0.15) is 6.54 Å². The molecule has 0 aliphatic heterocycles. The molecule has 1 heterocycles. The van der Waals surface area contributed by atoms with Crippen LogP contribution in [0.15, 0.2) is 30.6 Å². The molecule has 0 bridgehead atoms. The zero-order chi connectivity index (χ0) is 28.0. The van der Waals surface area contributed by atoms with Crippen LogP contribution in [0.2, 0.25) is 0 Å². The summed E-state index contributed by atoms with van der Waals surface area (Å²) in [6, 6.07) is 6.31. The monoisotopic (exact) mass is 603 g/mol. The summed E-state index contributed by atoms with van der Waals surface area (Å²) < 4.78 is 3.41. The predicted octanol–water partition coefficient (Wildman–Crippen LogP) is 5.08. The summed E-state index contributed by atoms with van der Waals surface area (Å²) >= 11 is 0. The molecule has 1 rings (SSSR count). The summed E-state index contributed by atoms with van der Waals surface area (Å²) in [5.41, 5.74) is 0. The van der Waals surface area contributed by atoms with Gasteiger partial charge in [-0.2, -0.15) is 0 Å². The zero-order valence-corrected chi connectivity index (χ0v) is 29.4. The Morgan fingerprint density at radius 2 is 0.700 bits per heavy atom. The number of rotatable bonds is 26. The van der Waals surface area contributed by atoms with Crippen molar-refractivity contribution < 1.29 is 33.9 Å². The number of hydrogen-bond acceptors (Lipinski definition) is 0. The molecule has 2 nitrogen and oxygen atoms in total. The fourth-order valence-corrected chi connectivity index (χ4v) is 5.15. The number of unbranched alkanes of at least 4 members (excludes halogenated alkanes) is 22. The molecule has 0 atom stereocenters. The minimum atomic E-state index is 0. The Labute approximate surface area is 265 Å². The lowest BCUT2D eigenvalue weighted by molar-refractivity contribution is -0.870. The maximum Gasteiger partial charge on any atom is 0.168 e. The summed E-state index contributed by atoms with van der Waals surface area (Å²) in [4.78, 5) is 0. The van der Waals surface area contributed by atoms with Gasteiger partial charge in [-0.25, -0.2) is 4.57 Å². The summed E-state index contributed by atoms with van der Waals surface area (Å²) in [6.07, 6.45) is 38.8. The van der Waals surface area contributed by atoms with Gasteiger partial charge in [-0.3, -0.25) is 0 Å². The van der Waals surface area contributed by atoms with Crippen molar-refractivity contribution in [2.75, 3.05) is 27.7 Å². The van der Waals surface area contributed by atoms with Crippen molar-refractivity contribution in [3.05, 3.63) is 30.6 Å². The van der Waals surface area contributed by atoms with Crippen LogP contribution < -0.4 is 29.4 Å². The van der Waals surface area contributed by atoms with E-state index in [4.69, 9.17) is 0 Å². The molecule has 0 N–H and O–H groups in total. The van der Waals surface area contributed by atoms with Crippen LogP contribution in [0.25, 0.3) is 0 Å². The number of hydrogen-bond donors (Lipinski definition) is 0. The highest BCUT2D eigenvalue weighted by Crippen LogP contribution is 2.13. The highest BCUT2D eigenvalue weighted by molar-refractivity contribution is 4.83. The molecule has 4 heteroatoms. The fourth-order valence-electron chi connectivity index (χ4n) is 5.15. The average molecular weight is 604 g/mol. The molecule has 0 aliphatic rings. The average Bonchev–Trinajstić information content (AvgIpc) is 2.90. The van der Waals surface area contributed by atoms with Crippen LogP contribution in [0.1, 0.15) is 168 Å². The lowest BCUT2D eigenvalue weighted by Crippen LogP contribution is -3.00. The van der Waals surface area contributed by atoms with E-state index in [1.54, 1.807) is 0 Å². The van der Waals surface area contributed by atoms with Gasteiger partial charge in [0.15, 0.2) is 12.4 Å². The molecule has 0 aromatic carbocycles. The molecule has 0 amide bonds. The van der Waals surface area contributed by atoms with Crippen LogP contribution in [0, 0.1) is 0 Å². The van der Waals surface area contributed by atoms with E-state index < -0.39 is 0 Å². The summed E-state index contributed by atoms with van der Waals surface area (Å²) in [5.74, 6) is 0. The molecular weight excluding hydrogens is 531 g/mol. The van der Waals surface area contributed by atoms with Crippen molar-refractivity contribution in [1.82, 2.24) is 0 Å². The van der Waals surface area contributed by atoms with Crippen molar-refractivity contribution in [2.45, 2.75) is 174 Å². The second-order valence-corrected chi connectivity index (χ2v) is 12.9. The largest absolute Gasteiger partial charge is 1.00 e. The van der Waals surface area contributed by atoms with E-state index in [-0.39, 0.29) is 24.8 Å². The van der Waals surface area contributed by atoms with Gasteiger partial charge in [-0.05, 0) is 19.3 Å². The third kappa shape index (κ3) is 37.7. The lowest BCUT2D eigenvalue weighted by atomic mass is 10.0. The van der Waals surface area contributed by atoms with Gasteiger partial charge in [0.05, 0.1) is 27.7 Å². The van der Waals surface area contributed by atoms with E-state index in [1.807, 2.05) is 0 Å². The number of nitrogens with zero attached hydrogens (tertiary/aromatic N) is 2. The summed E-state index contributed by atoms with van der Waals surface area (Å²) in [5, 5.41) is 0. The second-order valence-electron chi connectivity index (χ2n) is 12.9. The first-order valence-corrected chi connectivity index (χ1v) is 17.2. The van der Waals surface area contributed by atoms with E-state index in [9.17, 15) is 0 Å². The Morgan fingerprint density at radius 1 is 0.400 bits per heavy atom. The van der Waals surface area contributed by atoms with Crippen LogP contribution in [0.3, 0.4) is 0 Å². The van der Waals surface area contributed by atoms with Crippen LogP contribution >= 0.6 is 0 Å². The molecule has 1 aromatic rings. The topological polar surface area (TPSA) is 3.88 Å². The Morgan fingerprint density at radius 3 is 1.02 bits per heavy atom. The third-order valence-corrected chi connectivity index (χ3v) is 7.73. The van der Waals surface area contributed by atoms with Gasteiger partial charge in [0, 0.05) is 18.6 Å². The molecular formula is C36H72Cl2N2. The number of aryl methyl sites for hydroxylation is 1. The Kier molecular flexibility index (Phi) is 38.5. The van der Waals surface area contributed by atoms with Crippen LogP contribution in [-0.2, 0) is 6.54 Å². The van der Waals surface area contributed by atoms with Crippen LogP contribution in [0.5, 0.6) is 0 Å². The Hall–Kier alpha value is -0.310. The smallest absolute Gasteiger partial charge is 0.168 e. The minimum Gasteiger partial charge on any atom is -1.00 e. The molecule has 1 aromatic heterocycles. The third-order valence-electron chi connectivity index (χ3n) is 7.73. The van der Waals surface area contributed by atoms with Crippen molar-refractivity contribution in [3.8, 4) is 0 Å². The number of pyridine rings is 1. The van der Waals surface area contributed by atoms with Crippen molar-refractivity contribution in [1.29, 1.82) is 0 Å². The first-order chi connectivity index (χ1) is 18.5. The maximum absolute atomic E-state index is 2.29. The maximum atomic E-state index is 2.29. The zero-order valence-electron chi connectivity index (χ0n) is 27.9. The van der Waals surface area contributed by atoms with E-state index >= 15 is 0 Å². The molecule has 0 spiro atoms. The van der Waals surface area contributed by atoms with Crippen LogP contribution in [0.4, 0.5) is 0 Å². The molecule has 0 aliphatic carbocycles. The van der Waals surface area contributed by atoms with Crippen molar-refractivity contribution in [2.24, 2.45) is 0 Å². The van der Waals surface area contributed by atoms with Gasteiger partial charge in [0.25, 0.3) is 0 Å². The number of halogens is 2. The SMILES string of the molecule is CCCCCCCCCCCCCCCC[n+]1ccccc1.CCCCCCCCCCCC[N+](C)(C)C.[Cl-].[Cl-]. The summed E-state index contributed by atoms with van der Waals surface area (Å²) in [6.45, 7) is 7.09. The molecule has 0 saturated heterocycles. The van der Waals surface area contributed by atoms with Gasteiger partial charge in [-0.1, -0.05) is 148 Å². The highest BCUT2D eigenvalue weighted by Gasteiger charge is 2.05. The first kappa shape index (κ1) is 44.1. The lowest BCUT2D eigenvalue weighted by Gasteiger charge is -2.23. The first-order valence-electron chi connectivity index (χ1n) is 17.2. The van der Waals surface area contributed by atoms with Crippen LogP contribution in [-0.4, -0.2) is 32.2 Å². The van der Waals surface area contributed by atoms with E-state index in [0.717, 1.165) is 4.48 Å². The van der Waals surface area contributed by atoms with Crippen molar-refractivity contribution >= 4 is 0 Å². The summed E-state index contributed by atoms with van der Waals surface area (Å²) in [7, 11) is 6.86. The van der Waals surface area contributed by atoms with Gasteiger partial charge >= 0.3 is 0 Å². The molecule has 240 valence electrons. The second kappa shape index (κ2) is 34.9. The quantitative estimate of drug-likeness (QED) is 0.0791.